The molecule has 0 radical (unpaired) electrons. The number of aromatic amines is 1. The number of H-pyrrole nitrogens is 1. The lowest BCUT2D eigenvalue weighted by Gasteiger charge is -2.20. The number of aromatic nitrogens is 2. The minimum absolute atomic E-state index is 0.296. The fraction of sp³-hybridized carbons (Fsp3) is 0.667. The molecule has 0 fully saturated rings. The van der Waals surface area contributed by atoms with Gasteiger partial charge in [-0.2, -0.15) is 5.10 Å². The highest BCUT2D eigenvalue weighted by Crippen LogP contribution is 2.28. The van der Waals surface area contributed by atoms with Crippen LogP contribution in [0.15, 0.2) is 0 Å². The predicted octanol–water partition coefficient (Wildman–Crippen LogP) is 2.10. The van der Waals surface area contributed by atoms with Crippen molar-refractivity contribution >= 4 is 5.97 Å². The van der Waals surface area contributed by atoms with Gasteiger partial charge in [0.05, 0.1) is 6.61 Å². The first-order valence-corrected chi connectivity index (χ1v) is 5.99. The molecule has 0 spiro atoms. The van der Waals surface area contributed by atoms with Crippen LogP contribution < -0.4 is 0 Å². The first kappa shape index (κ1) is 11.2. The number of ether oxygens (including phenoxy) is 1. The molecular formula is C12H18N2O2. The third kappa shape index (κ3) is 1.96. The molecule has 1 aliphatic carbocycles. The van der Waals surface area contributed by atoms with Gasteiger partial charge in [0, 0.05) is 11.3 Å². The highest BCUT2D eigenvalue weighted by molar-refractivity contribution is 5.89. The van der Waals surface area contributed by atoms with Crippen molar-refractivity contribution in [3.05, 3.63) is 17.0 Å². The maximum atomic E-state index is 11.6. The van der Waals surface area contributed by atoms with Crippen LogP contribution in [-0.2, 0) is 17.6 Å². The molecule has 16 heavy (non-hydrogen) atoms. The number of carbonyl (C=O) groups is 1. The molecule has 1 aromatic rings. The molecule has 0 saturated carbocycles. The summed E-state index contributed by atoms with van der Waals surface area (Å²) in [6.07, 6.45) is 4.29. The Morgan fingerprint density at radius 1 is 1.56 bits per heavy atom. The van der Waals surface area contributed by atoms with Crippen LogP contribution in [0.1, 0.15) is 48.4 Å². The highest BCUT2D eigenvalue weighted by Gasteiger charge is 2.25. The van der Waals surface area contributed by atoms with Crippen molar-refractivity contribution in [3.8, 4) is 0 Å². The Balaban J connectivity index is 2.19. The van der Waals surface area contributed by atoms with Crippen molar-refractivity contribution in [2.45, 2.75) is 39.5 Å². The predicted molar refractivity (Wildman–Crippen MR) is 60.4 cm³/mol. The molecule has 1 atom stereocenters. The van der Waals surface area contributed by atoms with E-state index in [0.717, 1.165) is 36.4 Å². The number of fused-ring (bicyclic) bond motifs is 1. The van der Waals surface area contributed by atoms with Gasteiger partial charge in [-0.1, -0.05) is 13.3 Å². The van der Waals surface area contributed by atoms with Crippen molar-refractivity contribution in [3.63, 3.8) is 0 Å². The summed E-state index contributed by atoms with van der Waals surface area (Å²) in [7, 11) is 0. The summed E-state index contributed by atoms with van der Waals surface area (Å²) >= 11 is 0. The maximum absolute atomic E-state index is 11.6. The number of nitrogens with zero attached hydrogens (tertiary/aromatic N) is 1. The lowest BCUT2D eigenvalue weighted by atomic mass is 9.85. The molecule has 1 heterocycles. The zero-order valence-electron chi connectivity index (χ0n) is 9.88. The third-order valence-electron chi connectivity index (χ3n) is 3.29. The summed E-state index contributed by atoms with van der Waals surface area (Å²) in [6.45, 7) is 4.42. The Kier molecular flexibility index (Phi) is 3.27. The van der Waals surface area contributed by atoms with Gasteiger partial charge in [-0.05, 0) is 32.1 Å². The molecular weight excluding hydrogens is 204 g/mol. The number of rotatable bonds is 3. The van der Waals surface area contributed by atoms with E-state index in [1.54, 1.807) is 0 Å². The smallest absolute Gasteiger partial charge is 0.359 e. The van der Waals surface area contributed by atoms with Crippen LogP contribution in [0.5, 0.6) is 0 Å². The van der Waals surface area contributed by atoms with Crippen LogP contribution in [0.3, 0.4) is 0 Å². The Morgan fingerprint density at radius 2 is 2.38 bits per heavy atom. The molecule has 2 rings (SSSR count). The average molecular weight is 222 g/mol. The van der Waals surface area contributed by atoms with Crippen molar-refractivity contribution in [2.24, 2.45) is 5.92 Å². The van der Waals surface area contributed by atoms with E-state index in [-0.39, 0.29) is 5.97 Å². The van der Waals surface area contributed by atoms with Gasteiger partial charge in [-0.15, -0.1) is 0 Å². The average Bonchev–Trinajstić information content (AvgIpc) is 2.71. The van der Waals surface area contributed by atoms with Gasteiger partial charge in [-0.3, -0.25) is 5.10 Å². The highest BCUT2D eigenvalue weighted by atomic mass is 16.5. The Bertz CT molecular complexity index is 384. The minimum atomic E-state index is -0.296. The second-order valence-electron chi connectivity index (χ2n) is 4.27. The molecule has 4 nitrogen and oxygen atoms in total. The normalized spacial score (nSPS) is 19.2. The van der Waals surface area contributed by atoms with Crippen LogP contribution in [0.4, 0.5) is 0 Å². The Labute approximate surface area is 95.4 Å². The number of hydrogen-bond acceptors (Lipinski definition) is 3. The van der Waals surface area contributed by atoms with E-state index >= 15 is 0 Å². The first-order chi connectivity index (χ1) is 7.76. The second kappa shape index (κ2) is 4.68. The van der Waals surface area contributed by atoms with Gasteiger partial charge in [0.1, 0.15) is 0 Å². The van der Waals surface area contributed by atoms with Crippen LogP contribution in [0.25, 0.3) is 0 Å². The molecule has 0 aliphatic heterocycles. The second-order valence-corrected chi connectivity index (χ2v) is 4.27. The van der Waals surface area contributed by atoms with Crippen LogP contribution in [-0.4, -0.2) is 22.8 Å². The number of nitrogens with one attached hydrogen (secondary N) is 1. The Hall–Kier alpha value is -1.32. The number of esters is 1. The summed E-state index contributed by atoms with van der Waals surface area (Å²) in [5.41, 5.74) is 2.69. The molecule has 1 N–H and O–H groups in total. The standard InChI is InChI=1S/C12H18N2O2/c1-3-8-5-6-9-10(7-8)13-14-11(9)12(15)16-4-2/h8H,3-7H2,1-2H3,(H,13,14). The van der Waals surface area contributed by atoms with Crippen LogP contribution in [0, 0.1) is 5.92 Å². The lowest BCUT2D eigenvalue weighted by molar-refractivity contribution is 0.0518. The van der Waals surface area contributed by atoms with Gasteiger partial charge in [-0.25, -0.2) is 4.79 Å². The van der Waals surface area contributed by atoms with E-state index in [0.29, 0.717) is 12.3 Å². The molecule has 0 bridgehead atoms. The lowest BCUT2D eigenvalue weighted by Crippen LogP contribution is -2.15. The summed E-state index contributed by atoms with van der Waals surface area (Å²) in [6, 6.07) is 0. The van der Waals surface area contributed by atoms with Gasteiger partial charge in [0.15, 0.2) is 5.69 Å². The molecule has 1 aromatic heterocycles. The van der Waals surface area contributed by atoms with Crippen LogP contribution >= 0.6 is 0 Å². The zero-order chi connectivity index (χ0) is 11.5. The topological polar surface area (TPSA) is 55.0 Å². The monoisotopic (exact) mass is 222 g/mol. The van der Waals surface area contributed by atoms with E-state index in [1.807, 2.05) is 6.92 Å². The van der Waals surface area contributed by atoms with Crippen molar-refractivity contribution in [1.29, 1.82) is 0 Å². The summed E-state index contributed by atoms with van der Waals surface area (Å²) in [5, 5.41) is 7.06. The molecule has 4 heteroatoms. The fourth-order valence-corrected chi connectivity index (χ4v) is 2.30. The summed E-state index contributed by atoms with van der Waals surface area (Å²) < 4.78 is 4.98. The first-order valence-electron chi connectivity index (χ1n) is 5.99. The van der Waals surface area contributed by atoms with E-state index in [4.69, 9.17) is 4.74 Å². The van der Waals surface area contributed by atoms with Crippen molar-refractivity contribution < 1.29 is 9.53 Å². The molecule has 88 valence electrons. The van der Waals surface area contributed by atoms with Crippen molar-refractivity contribution in [2.75, 3.05) is 6.61 Å². The summed E-state index contributed by atoms with van der Waals surface area (Å²) in [5.74, 6) is 0.429. The Morgan fingerprint density at radius 3 is 3.06 bits per heavy atom. The SMILES string of the molecule is CCOC(=O)c1n[nH]c2c1CCC(CC)C2. The third-order valence-corrected chi connectivity index (χ3v) is 3.29. The van der Waals surface area contributed by atoms with Gasteiger partial charge >= 0.3 is 5.97 Å². The number of hydrogen-bond donors (Lipinski definition) is 1. The van der Waals surface area contributed by atoms with E-state index < -0.39 is 0 Å². The maximum Gasteiger partial charge on any atom is 0.359 e. The van der Waals surface area contributed by atoms with Gasteiger partial charge in [0.25, 0.3) is 0 Å². The summed E-state index contributed by atoms with van der Waals surface area (Å²) in [4.78, 5) is 11.6. The zero-order valence-corrected chi connectivity index (χ0v) is 9.88. The molecule has 0 amide bonds. The van der Waals surface area contributed by atoms with Crippen molar-refractivity contribution in [1.82, 2.24) is 10.2 Å². The molecule has 1 unspecified atom stereocenters. The minimum Gasteiger partial charge on any atom is -0.461 e. The molecule has 1 aliphatic rings. The molecule has 0 aromatic carbocycles. The van der Waals surface area contributed by atoms with E-state index in [9.17, 15) is 4.79 Å². The van der Waals surface area contributed by atoms with E-state index in [1.165, 1.54) is 6.42 Å². The van der Waals surface area contributed by atoms with Crippen LogP contribution in [0.2, 0.25) is 0 Å². The molecule has 0 saturated heterocycles. The largest absolute Gasteiger partial charge is 0.461 e. The van der Waals surface area contributed by atoms with Gasteiger partial charge < -0.3 is 4.74 Å². The fourth-order valence-electron chi connectivity index (χ4n) is 2.30. The van der Waals surface area contributed by atoms with Gasteiger partial charge in [0.2, 0.25) is 0 Å². The quantitative estimate of drug-likeness (QED) is 0.797. The number of carbonyl (C=O) groups excluding carboxylic acids is 1. The van der Waals surface area contributed by atoms with E-state index in [2.05, 4.69) is 17.1 Å².